The summed E-state index contributed by atoms with van der Waals surface area (Å²) in [5.41, 5.74) is 0. The van der Waals surface area contributed by atoms with E-state index in [1.165, 1.54) is 6.08 Å². The number of nitrogens with zero attached hydrogens (tertiary/aromatic N) is 1. The second kappa shape index (κ2) is 4.98. The third-order valence-corrected chi connectivity index (χ3v) is 3.79. The quantitative estimate of drug-likeness (QED) is 0.604. The number of furan rings is 1. The van der Waals surface area contributed by atoms with Crippen LogP contribution in [0.5, 0.6) is 0 Å². The average molecular weight is 247 g/mol. The van der Waals surface area contributed by atoms with E-state index in [0.717, 1.165) is 32.5 Å². The third kappa shape index (κ3) is 2.48. The summed E-state index contributed by atoms with van der Waals surface area (Å²) < 4.78 is 10.6. The van der Waals surface area contributed by atoms with Gasteiger partial charge in [-0.3, -0.25) is 4.90 Å². The van der Waals surface area contributed by atoms with Gasteiger partial charge in [-0.2, -0.15) is 0 Å². The molecule has 3 aliphatic rings. The van der Waals surface area contributed by atoms with E-state index in [9.17, 15) is 4.79 Å². The maximum Gasteiger partial charge on any atom is 0.331 e. The molecule has 0 aliphatic carbocycles. The van der Waals surface area contributed by atoms with Crippen LogP contribution in [0.15, 0.2) is 28.9 Å². The van der Waals surface area contributed by atoms with Crippen LogP contribution >= 0.6 is 0 Å². The molecule has 0 aromatic carbocycles. The molecule has 0 amide bonds. The van der Waals surface area contributed by atoms with E-state index in [1.54, 1.807) is 24.5 Å². The number of carbonyl (C=O) groups is 1. The smallest absolute Gasteiger partial charge is 0.331 e. The van der Waals surface area contributed by atoms with Gasteiger partial charge in [0.05, 0.1) is 6.26 Å². The Labute approximate surface area is 106 Å². The molecular formula is C14H17NO3. The summed E-state index contributed by atoms with van der Waals surface area (Å²) in [4.78, 5) is 14.1. The number of ether oxygens (including phenoxy) is 1. The van der Waals surface area contributed by atoms with Crippen molar-refractivity contribution in [3.05, 3.63) is 30.2 Å². The Kier molecular flexibility index (Phi) is 3.19. The minimum Gasteiger partial charge on any atom is -0.465 e. The molecule has 3 fully saturated rings. The predicted octanol–water partition coefficient (Wildman–Crippen LogP) is 1.93. The first kappa shape index (κ1) is 11.5. The molecule has 4 rings (SSSR count). The summed E-state index contributed by atoms with van der Waals surface area (Å²) in [5.74, 6) is 0.946. The van der Waals surface area contributed by atoms with Crippen molar-refractivity contribution < 1.29 is 13.9 Å². The van der Waals surface area contributed by atoms with Gasteiger partial charge in [-0.25, -0.2) is 4.79 Å². The minimum absolute atomic E-state index is 0.0706. The number of hydrogen-bond acceptors (Lipinski definition) is 4. The SMILES string of the molecule is O=C(/C=C/c1ccco1)O[C@H]1CN2CCC1CC2. The summed E-state index contributed by atoms with van der Waals surface area (Å²) in [7, 11) is 0. The van der Waals surface area contributed by atoms with E-state index in [4.69, 9.17) is 9.15 Å². The third-order valence-electron chi connectivity index (χ3n) is 3.79. The molecule has 18 heavy (non-hydrogen) atoms. The van der Waals surface area contributed by atoms with Crippen molar-refractivity contribution in [2.24, 2.45) is 5.92 Å². The van der Waals surface area contributed by atoms with Gasteiger partial charge in [-0.05, 0) is 50.1 Å². The van der Waals surface area contributed by atoms with E-state index < -0.39 is 0 Å². The summed E-state index contributed by atoms with van der Waals surface area (Å²) in [6.07, 6.45) is 7.04. The maximum atomic E-state index is 11.7. The van der Waals surface area contributed by atoms with Crippen LogP contribution in [0.2, 0.25) is 0 Å². The molecule has 0 spiro atoms. The van der Waals surface area contributed by atoms with Gasteiger partial charge in [0, 0.05) is 12.6 Å². The molecule has 1 aromatic heterocycles. The van der Waals surface area contributed by atoms with Crippen molar-refractivity contribution in [1.29, 1.82) is 0 Å². The van der Waals surface area contributed by atoms with Crippen LogP contribution in [-0.4, -0.2) is 36.6 Å². The molecule has 3 saturated heterocycles. The summed E-state index contributed by atoms with van der Waals surface area (Å²) in [6, 6.07) is 3.59. The maximum absolute atomic E-state index is 11.7. The van der Waals surface area contributed by atoms with E-state index in [1.807, 2.05) is 0 Å². The molecule has 1 aromatic rings. The first-order valence-corrected chi connectivity index (χ1v) is 6.46. The molecule has 0 radical (unpaired) electrons. The van der Waals surface area contributed by atoms with Gasteiger partial charge in [0.15, 0.2) is 0 Å². The number of rotatable bonds is 3. The van der Waals surface area contributed by atoms with Crippen molar-refractivity contribution in [1.82, 2.24) is 4.90 Å². The second-order valence-electron chi connectivity index (χ2n) is 4.96. The number of piperidine rings is 3. The van der Waals surface area contributed by atoms with Crippen molar-refractivity contribution in [3.63, 3.8) is 0 Å². The van der Waals surface area contributed by atoms with Gasteiger partial charge >= 0.3 is 5.97 Å². The van der Waals surface area contributed by atoms with Crippen molar-refractivity contribution in [3.8, 4) is 0 Å². The minimum atomic E-state index is -0.273. The van der Waals surface area contributed by atoms with Gasteiger partial charge in [0.1, 0.15) is 11.9 Å². The molecule has 4 heterocycles. The van der Waals surface area contributed by atoms with Crippen molar-refractivity contribution in [2.45, 2.75) is 18.9 Å². The van der Waals surface area contributed by atoms with E-state index in [-0.39, 0.29) is 12.1 Å². The number of esters is 1. The zero-order valence-electron chi connectivity index (χ0n) is 10.2. The highest BCUT2D eigenvalue weighted by atomic mass is 16.5. The van der Waals surface area contributed by atoms with E-state index in [0.29, 0.717) is 11.7 Å². The van der Waals surface area contributed by atoms with Crippen LogP contribution in [0, 0.1) is 5.92 Å². The molecule has 4 heteroatoms. The lowest BCUT2D eigenvalue weighted by Crippen LogP contribution is -2.51. The molecule has 0 unspecified atom stereocenters. The molecule has 96 valence electrons. The van der Waals surface area contributed by atoms with Crippen LogP contribution in [0.4, 0.5) is 0 Å². The molecule has 0 saturated carbocycles. The lowest BCUT2D eigenvalue weighted by atomic mass is 9.86. The highest BCUT2D eigenvalue weighted by Crippen LogP contribution is 2.29. The summed E-state index contributed by atoms with van der Waals surface area (Å²) in [5, 5.41) is 0. The average Bonchev–Trinajstić information content (AvgIpc) is 2.91. The summed E-state index contributed by atoms with van der Waals surface area (Å²) >= 11 is 0. The standard InChI is InChI=1S/C14H17NO3/c16-14(4-3-12-2-1-9-17-12)18-13-10-15-7-5-11(13)6-8-15/h1-4,9,11,13H,5-8,10H2/b4-3+/t13-/m0/s1. The fourth-order valence-electron chi connectivity index (χ4n) is 2.77. The molecule has 4 nitrogen and oxygen atoms in total. The van der Waals surface area contributed by atoms with Crippen LogP contribution in [0.1, 0.15) is 18.6 Å². The van der Waals surface area contributed by atoms with Gasteiger partial charge in [-0.15, -0.1) is 0 Å². The second-order valence-corrected chi connectivity index (χ2v) is 4.96. The largest absolute Gasteiger partial charge is 0.465 e. The zero-order valence-corrected chi connectivity index (χ0v) is 10.2. The fourth-order valence-corrected chi connectivity index (χ4v) is 2.77. The first-order chi connectivity index (χ1) is 8.81. The Balaban J connectivity index is 1.55. The number of carbonyl (C=O) groups excluding carboxylic acids is 1. The molecule has 3 aliphatic heterocycles. The topological polar surface area (TPSA) is 42.7 Å². The van der Waals surface area contributed by atoms with Crippen LogP contribution in [0.25, 0.3) is 6.08 Å². The highest BCUT2D eigenvalue weighted by Gasteiger charge is 2.36. The zero-order chi connectivity index (χ0) is 12.4. The Bertz CT molecular complexity index is 430. The monoisotopic (exact) mass is 247 g/mol. The number of hydrogen-bond donors (Lipinski definition) is 0. The van der Waals surface area contributed by atoms with Gasteiger partial charge < -0.3 is 9.15 Å². The van der Waals surface area contributed by atoms with E-state index in [2.05, 4.69) is 4.90 Å². The molecule has 1 atom stereocenters. The van der Waals surface area contributed by atoms with Crippen LogP contribution in [0.3, 0.4) is 0 Å². The highest BCUT2D eigenvalue weighted by molar-refractivity contribution is 5.86. The molecule has 0 N–H and O–H groups in total. The van der Waals surface area contributed by atoms with Crippen LogP contribution < -0.4 is 0 Å². The van der Waals surface area contributed by atoms with E-state index >= 15 is 0 Å². The van der Waals surface area contributed by atoms with Crippen molar-refractivity contribution >= 4 is 12.0 Å². The molecular weight excluding hydrogens is 230 g/mol. The lowest BCUT2D eigenvalue weighted by molar-refractivity contribution is -0.152. The van der Waals surface area contributed by atoms with Crippen LogP contribution in [-0.2, 0) is 9.53 Å². The van der Waals surface area contributed by atoms with Gasteiger partial charge in [0.2, 0.25) is 0 Å². The normalized spacial score (nSPS) is 30.8. The van der Waals surface area contributed by atoms with Crippen molar-refractivity contribution in [2.75, 3.05) is 19.6 Å². The lowest BCUT2D eigenvalue weighted by Gasteiger charge is -2.43. The Morgan fingerprint density at radius 3 is 2.89 bits per heavy atom. The Morgan fingerprint density at radius 1 is 1.44 bits per heavy atom. The Morgan fingerprint density at radius 2 is 2.28 bits per heavy atom. The number of fused-ring (bicyclic) bond motifs is 3. The molecule has 2 bridgehead atoms. The van der Waals surface area contributed by atoms with Gasteiger partial charge in [-0.1, -0.05) is 0 Å². The first-order valence-electron chi connectivity index (χ1n) is 6.46. The summed E-state index contributed by atoms with van der Waals surface area (Å²) in [6.45, 7) is 3.20. The van der Waals surface area contributed by atoms with Gasteiger partial charge in [0.25, 0.3) is 0 Å². The Hall–Kier alpha value is -1.55. The fraction of sp³-hybridized carbons (Fsp3) is 0.500. The predicted molar refractivity (Wildman–Crippen MR) is 66.8 cm³/mol.